The Morgan fingerprint density at radius 1 is 0.571 bits per heavy atom. The number of phosphoric ester groups is 1. The maximum atomic E-state index is 12.4. The molecule has 0 aliphatic carbocycles. The zero-order chi connectivity index (χ0) is 36.1. The van der Waals surface area contributed by atoms with Crippen LogP contribution in [0.25, 0.3) is 0 Å². The second-order valence-electron chi connectivity index (χ2n) is 12.2. The number of ether oxygens (including phenoxy) is 2. The highest BCUT2D eigenvalue weighted by atomic mass is 31.2. The topological polar surface area (TPSA) is 108 Å². The van der Waals surface area contributed by atoms with Gasteiger partial charge in [0.05, 0.1) is 19.6 Å². The molecule has 0 heterocycles. The van der Waals surface area contributed by atoms with Crippen molar-refractivity contribution >= 4 is 19.8 Å². The third-order valence-electron chi connectivity index (χ3n) is 7.62. The lowest BCUT2D eigenvalue weighted by molar-refractivity contribution is -0.160. The van der Waals surface area contributed by atoms with Gasteiger partial charge in [0.15, 0.2) is 6.10 Å². The van der Waals surface area contributed by atoms with Gasteiger partial charge in [0.25, 0.3) is 0 Å². The molecule has 0 saturated heterocycles. The summed E-state index contributed by atoms with van der Waals surface area (Å²) in [5.41, 5.74) is 0. The van der Waals surface area contributed by atoms with Crippen LogP contribution >= 0.6 is 7.82 Å². The molecule has 0 aromatic carbocycles. The highest BCUT2D eigenvalue weighted by molar-refractivity contribution is 7.47. The summed E-state index contributed by atoms with van der Waals surface area (Å²) < 4.78 is 32.4. The van der Waals surface area contributed by atoms with Gasteiger partial charge in [-0.15, -0.1) is 0 Å². The van der Waals surface area contributed by atoms with Gasteiger partial charge in [-0.2, -0.15) is 0 Å². The van der Waals surface area contributed by atoms with E-state index in [9.17, 15) is 19.0 Å². The van der Waals surface area contributed by atoms with E-state index >= 15 is 0 Å². The Bertz CT molecular complexity index is 985. The average Bonchev–Trinajstić information content (AvgIpc) is 3.07. The number of carbonyl (C=O) groups is 2. The minimum absolute atomic E-state index is 0.0132. The van der Waals surface area contributed by atoms with Crippen LogP contribution in [0.3, 0.4) is 0 Å². The number of esters is 2. The van der Waals surface area contributed by atoms with Gasteiger partial charge in [-0.3, -0.25) is 18.6 Å². The van der Waals surface area contributed by atoms with Crippen molar-refractivity contribution in [3.8, 4) is 0 Å². The van der Waals surface area contributed by atoms with Crippen molar-refractivity contribution in [1.29, 1.82) is 0 Å². The molecule has 0 spiro atoms. The van der Waals surface area contributed by atoms with Crippen LogP contribution in [0.1, 0.15) is 156 Å². The normalized spacial score (nSPS) is 14.1. The molecule has 0 radical (unpaired) electrons. The van der Waals surface area contributed by atoms with Gasteiger partial charge in [0.1, 0.15) is 6.61 Å². The van der Waals surface area contributed by atoms with Crippen molar-refractivity contribution in [3.63, 3.8) is 0 Å². The van der Waals surface area contributed by atoms with E-state index in [1.165, 1.54) is 70.6 Å². The molecule has 0 aromatic heterocycles. The minimum atomic E-state index is -4.30. The first-order chi connectivity index (χ1) is 23.8. The SMILES string of the molecule is CC/C=C\C/C=C\C/C=C\C/C=C\C/C=C\CC(=O)OC(COC(=O)CCCCCCCCCCCCCCCC)COP(=O)(O)OCC. The van der Waals surface area contributed by atoms with Gasteiger partial charge >= 0.3 is 19.8 Å². The number of unbranched alkanes of at least 4 members (excludes halogenated alkanes) is 13. The van der Waals surface area contributed by atoms with E-state index < -0.39 is 32.5 Å². The van der Waals surface area contributed by atoms with Gasteiger partial charge in [0, 0.05) is 6.42 Å². The van der Waals surface area contributed by atoms with E-state index in [0.29, 0.717) is 6.42 Å². The number of hydrogen-bond donors (Lipinski definition) is 1. The van der Waals surface area contributed by atoms with Crippen molar-refractivity contribution in [1.82, 2.24) is 0 Å². The third-order valence-corrected chi connectivity index (χ3v) is 8.68. The van der Waals surface area contributed by atoms with E-state index in [1.807, 2.05) is 12.2 Å². The Morgan fingerprint density at radius 2 is 1.02 bits per heavy atom. The van der Waals surface area contributed by atoms with Gasteiger partial charge in [0.2, 0.25) is 0 Å². The fourth-order valence-corrected chi connectivity index (χ4v) is 5.64. The Morgan fingerprint density at radius 3 is 1.49 bits per heavy atom. The van der Waals surface area contributed by atoms with E-state index in [2.05, 4.69) is 56.4 Å². The molecular weight excluding hydrogens is 639 g/mol. The van der Waals surface area contributed by atoms with Gasteiger partial charge in [-0.05, 0) is 45.4 Å². The van der Waals surface area contributed by atoms with Crippen LogP contribution in [-0.4, -0.2) is 42.8 Å². The standard InChI is InChI=1S/C40H69O8P/c1-4-7-9-11-13-15-17-19-21-23-25-27-29-31-33-35-40(42)48-38(37-47-49(43,44)46-6-3)36-45-39(41)34-32-30-28-26-24-22-20-18-16-14-12-10-8-5-2/h7,9,13,15,19,21,25,27,31,33,38H,4-6,8,10-12,14,16-18,20,22-24,26,28-30,32,34-37H2,1-3H3,(H,43,44)/b9-7-,15-13-,21-19-,27-25-,33-31-. The maximum absolute atomic E-state index is 12.4. The number of hydrogen-bond acceptors (Lipinski definition) is 7. The first-order valence-corrected chi connectivity index (χ1v) is 20.6. The molecule has 9 heteroatoms. The lowest BCUT2D eigenvalue weighted by Gasteiger charge is -2.19. The number of rotatable bonds is 34. The summed E-state index contributed by atoms with van der Waals surface area (Å²) in [7, 11) is -4.30. The Balaban J connectivity index is 4.29. The summed E-state index contributed by atoms with van der Waals surface area (Å²) in [4.78, 5) is 34.5. The second kappa shape index (κ2) is 35.6. The van der Waals surface area contributed by atoms with Crippen LogP contribution < -0.4 is 0 Å². The molecule has 0 saturated carbocycles. The highest BCUT2D eigenvalue weighted by Crippen LogP contribution is 2.43. The van der Waals surface area contributed by atoms with Crippen LogP contribution in [0.15, 0.2) is 60.8 Å². The Hall–Kier alpha value is -2.25. The summed E-state index contributed by atoms with van der Waals surface area (Å²) in [5, 5.41) is 0. The predicted octanol–water partition coefficient (Wildman–Crippen LogP) is 11.6. The molecule has 2 atom stereocenters. The van der Waals surface area contributed by atoms with E-state index in [-0.39, 0.29) is 26.1 Å². The smallest absolute Gasteiger partial charge is 0.462 e. The first-order valence-electron chi connectivity index (χ1n) is 19.1. The molecule has 0 fully saturated rings. The first kappa shape index (κ1) is 46.8. The quantitative estimate of drug-likeness (QED) is 0.0304. The highest BCUT2D eigenvalue weighted by Gasteiger charge is 2.25. The lowest BCUT2D eigenvalue weighted by Crippen LogP contribution is -2.29. The summed E-state index contributed by atoms with van der Waals surface area (Å²) in [5.74, 6) is -0.947. The molecule has 8 nitrogen and oxygen atoms in total. The molecular formula is C40H69O8P. The lowest BCUT2D eigenvalue weighted by atomic mass is 10.0. The van der Waals surface area contributed by atoms with E-state index in [1.54, 1.807) is 13.0 Å². The minimum Gasteiger partial charge on any atom is -0.462 e. The molecule has 0 aliphatic heterocycles. The fourth-order valence-electron chi connectivity index (χ4n) is 4.88. The van der Waals surface area contributed by atoms with Gasteiger partial charge in [-0.25, -0.2) is 4.57 Å². The maximum Gasteiger partial charge on any atom is 0.472 e. The second-order valence-corrected chi connectivity index (χ2v) is 13.7. The largest absolute Gasteiger partial charge is 0.472 e. The number of carbonyl (C=O) groups excluding carboxylic acids is 2. The Kier molecular flexibility index (Phi) is 33.9. The van der Waals surface area contributed by atoms with Crippen molar-refractivity contribution in [2.45, 2.75) is 162 Å². The third kappa shape index (κ3) is 35.4. The van der Waals surface area contributed by atoms with Crippen LogP contribution in [0.2, 0.25) is 0 Å². The summed E-state index contributed by atoms with van der Waals surface area (Å²) in [6.07, 6.45) is 41.6. The molecule has 0 amide bonds. The van der Waals surface area contributed by atoms with Crippen molar-refractivity contribution in [3.05, 3.63) is 60.8 Å². The molecule has 0 bridgehead atoms. The van der Waals surface area contributed by atoms with Crippen LogP contribution in [-0.2, 0) is 32.7 Å². The fraction of sp³-hybridized carbons (Fsp3) is 0.700. The molecule has 1 N–H and O–H groups in total. The van der Waals surface area contributed by atoms with E-state index in [4.69, 9.17) is 18.5 Å². The van der Waals surface area contributed by atoms with E-state index in [0.717, 1.165) is 44.9 Å². The molecule has 49 heavy (non-hydrogen) atoms. The van der Waals surface area contributed by atoms with Crippen LogP contribution in [0, 0.1) is 0 Å². The molecule has 0 rings (SSSR count). The van der Waals surface area contributed by atoms with Crippen LogP contribution in [0.4, 0.5) is 0 Å². The summed E-state index contributed by atoms with van der Waals surface area (Å²) >= 11 is 0. The zero-order valence-electron chi connectivity index (χ0n) is 31.1. The monoisotopic (exact) mass is 708 g/mol. The van der Waals surface area contributed by atoms with Gasteiger partial charge < -0.3 is 14.4 Å². The average molecular weight is 709 g/mol. The van der Waals surface area contributed by atoms with Crippen molar-refractivity contribution in [2.75, 3.05) is 19.8 Å². The van der Waals surface area contributed by atoms with Crippen molar-refractivity contribution in [2.24, 2.45) is 0 Å². The molecule has 2 unspecified atom stereocenters. The molecule has 0 aromatic rings. The van der Waals surface area contributed by atoms with Crippen molar-refractivity contribution < 1.29 is 37.6 Å². The summed E-state index contributed by atoms with van der Waals surface area (Å²) in [6, 6.07) is 0. The number of allylic oxidation sites excluding steroid dienone is 9. The predicted molar refractivity (Wildman–Crippen MR) is 202 cm³/mol. The zero-order valence-corrected chi connectivity index (χ0v) is 32.0. The summed E-state index contributed by atoms with van der Waals surface area (Å²) in [6.45, 7) is 5.23. The molecule has 282 valence electrons. The van der Waals surface area contributed by atoms with Gasteiger partial charge in [-0.1, -0.05) is 158 Å². The number of phosphoric acid groups is 1. The Labute approximate surface area is 299 Å². The molecule has 0 aliphatic rings. The van der Waals surface area contributed by atoms with Crippen LogP contribution in [0.5, 0.6) is 0 Å².